The Morgan fingerprint density at radius 1 is 1.20 bits per heavy atom. The Morgan fingerprint density at radius 2 is 2.00 bits per heavy atom. The van der Waals surface area contributed by atoms with Crippen molar-refractivity contribution in [2.75, 3.05) is 0 Å². The molecule has 1 N–H and O–H groups in total. The van der Waals surface area contributed by atoms with Gasteiger partial charge < -0.3 is 5.11 Å². The molecule has 0 unspecified atom stereocenters. The van der Waals surface area contributed by atoms with Crippen LogP contribution in [0.3, 0.4) is 0 Å². The summed E-state index contributed by atoms with van der Waals surface area (Å²) in [5.41, 5.74) is 0.483. The van der Waals surface area contributed by atoms with Gasteiger partial charge in [-0.05, 0) is 17.7 Å². The number of nitrogens with zero attached hydrogens (tertiary/aromatic N) is 3. The molecule has 15 heavy (non-hydrogen) atoms. The summed E-state index contributed by atoms with van der Waals surface area (Å²) in [6.07, 6.45) is 2.29. The first kappa shape index (κ1) is 9.79. The minimum absolute atomic E-state index is 0.0422. The van der Waals surface area contributed by atoms with E-state index in [0.29, 0.717) is 5.56 Å². The molecule has 4 nitrogen and oxygen atoms in total. The topological polar surface area (TPSA) is 58.9 Å². The van der Waals surface area contributed by atoms with Gasteiger partial charge in [-0.15, -0.1) is 0 Å². The van der Waals surface area contributed by atoms with E-state index in [4.69, 9.17) is 16.7 Å². The number of hydrogen-bond donors (Lipinski definition) is 1. The van der Waals surface area contributed by atoms with E-state index in [1.165, 1.54) is 18.3 Å². The van der Waals surface area contributed by atoms with E-state index in [1.54, 1.807) is 0 Å². The molecule has 2 rings (SSSR count). The van der Waals surface area contributed by atoms with Crippen molar-refractivity contribution in [3.05, 3.63) is 35.6 Å². The third-order valence-electron chi connectivity index (χ3n) is 1.74. The fourth-order valence-electron chi connectivity index (χ4n) is 1.07. The van der Waals surface area contributed by atoms with Gasteiger partial charge in [-0.1, -0.05) is 0 Å². The van der Waals surface area contributed by atoms with Crippen LogP contribution in [-0.4, -0.2) is 20.1 Å². The molecule has 0 radical (unpaired) electrons. The van der Waals surface area contributed by atoms with Crippen molar-refractivity contribution in [1.29, 1.82) is 0 Å². The lowest BCUT2D eigenvalue weighted by molar-refractivity contribution is 0.453. The second-order valence-corrected chi connectivity index (χ2v) is 3.08. The molecule has 0 aliphatic heterocycles. The molecule has 2 aromatic rings. The largest absolute Gasteiger partial charge is 0.493 e. The standard InChI is InChI=1S/C9H5ClFN3O/c10-9-13-4-6(11)8(14-9)5-1-2-7(15)12-3-5/h1-4H,(H,12,15). The van der Waals surface area contributed by atoms with E-state index in [1.807, 2.05) is 0 Å². The molecule has 0 spiro atoms. The van der Waals surface area contributed by atoms with Gasteiger partial charge in [0.15, 0.2) is 5.82 Å². The van der Waals surface area contributed by atoms with Crippen LogP contribution in [0.4, 0.5) is 4.39 Å². The number of aromatic nitrogens is 3. The summed E-state index contributed by atoms with van der Waals surface area (Å²) < 4.78 is 13.3. The van der Waals surface area contributed by atoms with Crippen molar-refractivity contribution >= 4 is 11.6 Å². The summed E-state index contributed by atoms with van der Waals surface area (Å²) in [6.45, 7) is 0. The molecule has 0 atom stereocenters. The van der Waals surface area contributed by atoms with E-state index >= 15 is 0 Å². The fourth-order valence-corrected chi connectivity index (χ4v) is 1.21. The zero-order chi connectivity index (χ0) is 10.8. The Hall–Kier alpha value is -1.75. The number of halogens is 2. The molecule has 0 saturated carbocycles. The summed E-state index contributed by atoms with van der Waals surface area (Å²) in [5, 5.41) is 8.92. The van der Waals surface area contributed by atoms with Crippen molar-refractivity contribution < 1.29 is 9.50 Å². The summed E-state index contributed by atoms with van der Waals surface area (Å²) in [5.74, 6) is -0.730. The highest BCUT2D eigenvalue weighted by molar-refractivity contribution is 6.28. The normalized spacial score (nSPS) is 10.3. The van der Waals surface area contributed by atoms with Gasteiger partial charge in [0.05, 0.1) is 6.20 Å². The third-order valence-corrected chi connectivity index (χ3v) is 1.92. The van der Waals surface area contributed by atoms with Gasteiger partial charge in [0.25, 0.3) is 0 Å². The zero-order valence-electron chi connectivity index (χ0n) is 7.35. The molecule has 0 fully saturated rings. The highest BCUT2D eigenvalue weighted by atomic mass is 35.5. The van der Waals surface area contributed by atoms with Gasteiger partial charge in [0.1, 0.15) is 5.69 Å². The monoisotopic (exact) mass is 225 g/mol. The maximum Gasteiger partial charge on any atom is 0.223 e. The number of aromatic hydroxyl groups is 1. The Morgan fingerprint density at radius 3 is 2.67 bits per heavy atom. The molecule has 6 heteroatoms. The van der Waals surface area contributed by atoms with Crippen LogP contribution in [-0.2, 0) is 0 Å². The molecular formula is C9H5ClFN3O. The lowest BCUT2D eigenvalue weighted by Crippen LogP contribution is -1.92. The fraction of sp³-hybridized carbons (Fsp3) is 0. The lowest BCUT2D eigenvalue weighted by Gasteiger charge is -2.01. The van der Waals surface area contributed by atoms with Gasteiger partial charge in [-0.25, -0.2) is 19.3 Å². The Labute approximate surface area is 89.4 Å². The number of rotatable bonds is 1. The van der Waals surface area contributed by atoms with E-state index in [0.717, 1.165) is 6.20 Å². The molecule has 2 heterocycles. The van der Waals surface area contributed by atoms with Crippen LogP contribution < -0.4 is 0 Å². The van der Waals surface area contributed by atoms with E-state index in [9.17, 15) is 4.39 Å². The molecule has 0 aliphatic rings. The highest BCUT2D eigenvalue weighted by Gasteiger charge is 2.08. The summed E-state index contributed by atoms with van der Waals surface area (Å²) in [4.78, 5) is 10.8. The number of pyridine rings is 1. The Bertz CT molecular complexity index is 489. The van der Waals surface area contributed by atoms with Gasteiger partial charge in [0, 0.05) is 17.8 Å². The Kier molecular flexibility index (Phi) is 2.47. The molecule has 0 amide bonds. The quantitative estimate of drug-likeness (QED) is 0.755. The summed E-state index contributed by atoms with van der Waals surface area (Å²) in [7, 11) is 0. The molecule has 0 aromatic carbocycles. The second-order valence-electron chi connectivity index (χ2n) is 2.74. The van der Waals surface area contributed by atoms with Gasteiger partial charge >= 0.3 is 0 Å². The first-order chi connectivity index (χ1) is 7.16. The van der Waals surface area contributed by atoms with Crippen molar-refractivity contribution in [3.8, 4) is 17.1 Å². The first-order valence-corrected chi connectivity index (χ1v) is 4.38. The molecule has 0 saturated heterocycles. The van der Waals surface area contributed by atoms with Gasteiger partial charge in [0.2, 0.25) is 11.2 Å². The predicted octanol–water partition coefficient (Wildman–Crippen LogP) is 2.04. The van der Waals surface area contributed by atoms with Crippen LogP contribution >= 0.6 is 11.6 Å². The lowest BCUT2D eigenvalue weighted by atomic mass is 10.2. The SMILES string of the molecule is Oc1ccc(-c2nc(Cl)ncc2F)cn1. The summed E-state index contributed by atoms with van der Waals surface area (Å²) >= 11 is 5.54. The minimum Gasteiger partial charge on any atom is -0.493 e. The van der Waals surface area contributed by atoms with Crippen LogP contribution in [0, 0.1) is 5.82 Å². The van der Waals surface area contributed by atoms with E-state index in [2.05, 4.69) is 15.0 Å². The van der Waals surface area contributed by atoms with Crippen LogP contribution in [0.1, 0.15) is 0 Å². The summed E-state index contributed by atoms with van der Waals surface area (Å²) in [6, 6.07) is 2.83. The third kappa shape index (κ3) is 2.02. The van der Waals surface area contributed by atoms with Crippen molar-refractivity contribution in [3.63, 3.8) is 0 Å². The molecular weight excluding hydrogens is 221 g/mol. The molecule has 0 bridgehead atoms. The maximum absolute atomic E-state index is 13.3. The van der Waals surface area contributed by atoms with Crippen LogP contribution in [0.2, 0.25) is 5.28 Å². The first-order valence-electron chi connectivity index (χ1n) is 4.00. The van der Waals surface area contributed by atoms with Crippen molar-refractivity contribution in [2.24, 2.45) is 0 Å². The highest BCUT2D eigenvalue weighted by Crippen LogP contribution is 2.21. The maximum atomic E-state index is 13.3. The second kappa shape index (κ2) is 3.78. The average molecular weight is 226 g/mol. The van der Waals surface area contributed by atoms with Crippen LogP contribution in [0.25, 0.3) is 11.3 Å². The number of hydrogen-bond acceptors (Lipinski definition) is 4. The van der Waals surface area contributed by atoms with E-state index < -0.39 is 5.82 Å². The minimum atomic E-state index is -0.591. The van der Waals surface area contributed by atoms with Crippen molar-refractivity contribution in [1.82, 2.24) is 15.0 Å². The van der Waals surface area contributed by atoms with Gasteiger partial charge in [-0.2, -0.15) is 0 Å². The smallest absolute Gasteiger partial charge is 0.223 e. The van der Waals surface area contributed by atoms with Crippen LogP contribution in [0.5, 0.6) is 5.88 Å². The Balaban J connectivity index is 2.53. The van der Waals surface area contributed by atoms with Crippen LogP contribution in [0.15, 0.2) is 24.5 Å². The van der Waals surface area contributed by atoms with E-state index in [-0.39, 0.29) is 16.9 Å². The zero-order valence-corrected chi connectivity index (χ0v) is 8.11. The average Bonchev–Trinajstić information content (AvgIpc) is 2.23. The van der Waals surface area contributed by atoms with Crippen molar-refractivity contribution in [2.45, 2.75) is 0 Å². The molecule has 2 aromatic heterocycles. The predicted molar refractivity (Wildman–Crippen MR) is 51.9 cm³/mol. The van der Waals surface area contributed by atoms with Gasteiger partial charge in [-0.3, -0.25) is 0 Å². The molecule has 0 aliphatic carbocycles. The molecule has 76 valence electrons.